The van der Waals surface area contributed by atoms with Crippen LogP contribution in [0.25, 0.3) is 10.9 Å². The molecule has 3 nitrogen and oxygen atoms in total. The molecule has 1 aromatic heterocycles. The molecule has 4 rings (SSSR count). The average molecular weight is 380 g/mol. The van der Waals surface area contributed by atoms with Crippen molar-refractivity contribution in [3.63, 3.8) is 0 Å². The molecule has 0 N–H and O–H groups in total. The molecule has 1 aliphatic heterocycles. The second-order valence-electron chi connectivity index (χ2n) is 8.14. The second-order valence-corrected chi connectivity index (χ2v) is 8.50. The van der Waals surface area contributed by atoms with E-state index in [4.69, 9.17) is 20.9 Å². The third-order valence-electron chi connectivity index (χ3n) is 5.63. The maximum absolute atomic E-state index is 6.43. The van der Waals surface area contributed by atoms with Crippen molar-refractivity contribution in [2.24, 2.45) is 0 Å². The molecule has 27 heavy (non-hydrogen) atoms. The number of rotatable bonds is 3. The summed E-state index contributed by atoms with van der Waals surface area (Å²) in [6.45, 7) is 8.25. The van der Waals surface area contributed by atoms with Crippen LogP contribution in [-0.4, -0.2) is 23.3 Å². The third-order valence-corrected chi connectivity index (χ3v) is 5.95. The summed E-state index contributed by atoms with van der Waals surface area (Å²) >= 11 is 6.43. The minimum absolute atomic E-state index is 0.358. The van der Waals surface area contributed by atoms with Gasteiger partial charge in [-0.15, -0.1) is 0 Å². The monoisotopic (exact) mass is 379 g/mol. The van der Waals surface area contributed by atoms with Gasteiger partial charge in [0.25, 0.3) is 0 Å². The molecule has 0 radical (unpaired) electrons. The Bertz CT molecular complexity index is 972. The minimum Gasteiger partial charge on any atom is -0.399 e. The summed E-state index contributed by atoms with van der Waals surface area (Å²) in [5, 5.41) is 1.59. The highest BCUT2D eigenvalue weighted by Crippen LogP contribution is 2.36. The molecule has 0 amide bonds. The van der Waals surface area contributed by atoms with Crippen LogP contribution >= 0.6 is 11.6 Å². The number of pyridine rings is 1. The van der Waals surface area contributed by atoms with Gasteiger partial charge in [-0.3, -0.25) is 0 Å². The van der Waals surface area contributed by atoms with Crippen LogP contribution in [0.15, 0.2) is 54.6 Å². The highest BCUT2D eigenvalue weighted by atomic mass is 35.5. The van der Waals surface area contributed by atoms with Gasteiger partial charge in [-0.25, -0.2) is 4.98 Å². The lowest BCUT2D eigenvalue weighted by Crippen LogP contribution is -2.41. The van der Waals surface area contributed by atoms with Crippen LogP contribution in [0.2, 0.25) is 5.15 Å². The van der Waals surface area contributed by atoms with Gasteiger partial charge in [-0.2, -0.15) is 0 Å². The highest BCUT2D eigenvalue weighted by molar-refractivity contribution is 6.62. The topological polar surface area (TPSA) is 31.4 Å². The number of hydrogen-bond donors (Lipinski definition) is 0. The summed E-state index contributed by atoms with van der Waals surface area (Å²) < 4.78 is 12.4. The molecule has 1 aliphatic rings. The molecular weight excluding hydrogens is 357 g/mol. The molecule has 0 unspecified atom stereocenters. The van der Waals surface area contributed by atoms with Crippen molar-refractivity contribution in [1.29, 1.82) is 0 Å². The summed E-state index contributed by atoms with van der Waals surface area (Å²) in [6, 6.07) is 18.5. The molecule has 0 bridgehead atoms. The van der Waals surface area contributed by atoms with E-state index in [9.17, 15) is 0 Å². The zero-order valence-electron chi connectivity index (χ0n) is 16.1. The van der Waals surface area contributed by atoms with Crippen molar-refractivity contribution in [2.45, 2.75) is 45.3 Å². The van der Waals surface area contributed by atoms with E-state index in [0.29, 0.717) is 5.15 Å². The maximum Gasteiger partial charge on any atom is 0.494 e. The molecule has 3 aromatic rings. The molecule has 0 saturated carbocycles. The van der Waals surface area contributed by atoms with Crippen LogP contribution in [0, 0.1) is 0 Å². The minimum atomic E-state index is -0.382. The number of aromatic nitrogens is 1. The molecule has 1 saturated heterocycles. The van der Waals surface area contributed by atoms with Crippen LogP contribution < -0.4 is 5.46 Å². The quantitative estimate of drug-likeness (QED) is 0.485. The SMILES string of the molecule is CC1(C)OB(c2ccc3nc(Cl)c(Cc4ccccc4)cc3c2)OC1(C)C. The van der Waals surface area contributed by atoms with Crippen molar-refractivity contribution in [2.75, 3.05) is 0 Å². The van der Waals surface area contributed by atoms with Gasteiger partial charge in [0.15, 0.2) is 0 Å². The first-order chi connectivity index (χ1) is 12.7. The first-order valence-corrected chi connectivity index (χ1v) is 9.62. The first-order valence-electron chi connectivity index (χ1n) is 9.24. The predicted molar refractivity (Wildman–Crippen MR) is 112 cm³/mol. The molecule has 1 fully saturated rings. The van der Waals surface area contributed by atoms with Gasteiger partial charge in [0.1, 0.15) is 5.15 Å². The molecule has 2 heterocycles. The zero-order valence-corrected chi connectivity index (χ0v) is 16.9. The Kier molecular flexibility index (Phi) is 4.54. The normalized spacial score (nSPS) is 18.2. The van der Waals surface area contributed by atoms with Crippen LogP contribution in [0.3, 0.4) is 0 Å². The third kappa shape index (κ3) is 3.50. The molecule has 0 spiro atoms. The van der Waals surface area contributed by atoms with Crippen molar-refractivity contribution in [1.82, 2.24) is 4.98 Å². The molecule has 0 aliphatic carbocycles. The fourth-order valence-corrected chi connectivity index (χ4v) is 3.49. The Hall–Kier alpha value is -1.88. The van der Waals surface area contributed by atoms with Gasteiger partial charge in [0.2, 0.25) is 0 Å². The van der Waals surface area contributed by atoms with E-state index in [0.717, 1.165) is 28.4 Å². The number of benzene rings is 2. The predicted octanol–water partition coefficient (Wildman–Crippen LogP) is 4.78. The first kappa shape index (κ1) is 18.5. The molecular formula is C22H23BClNO2. The summed E-state index contributed by atoms with van der Waals surface area (Å²) in [6.07, 6.45) is 0.753. The molecule has 0 atom stereocenters. The maximum atomic E-state index is 6.43. The van der Waals surface area contributed by atoms with E-state index in [1.807, 2.05) is 30.3 Å². The van der Waals surface area contributed by atoms with E-state index in [2.05, 4.69) is 56.9 Å². The smallest absolute Gasteiger partial charge is 0.399 e. The van der Waals surface area contributed by atoms with Gasteiger partial charge < -0.3 is 9.31 Å². The number of halogens is 1. The standard InChI is InChI=1S/C22H23BClNO2/c1-21(2)22(3,4)27-23(26-21)18-10-11-19-16(14-18)13-17(20(24)25-19)12-15-8-6-5-7-9-15/h5-11,13-14H,12H2,1-4H3. The van der Waals surface area contributed by atoms with Crippen molar-refractivity contribution in [3.8, 4) is 0 Å². The largest absolute Gasteiger partial charge is 0.494 e. The zero-order chi connectivity index (χ0) is 19.2. The lowest BCUT2D eigenvalue weighted by molar-refractivity contribution is 0.00578. The van der Waals surface area contributed by atoms with Gasteiger partial charge in [0, 0.05) is 11.8 Å². The van der Waals surface area contributed by atoms with Crippen molar-refractivity contribution in [3.05, 3.63) is 70.9 Å². The van der Waals surface area contributed by atoms with Crippen molar-refractivity contribution < 1.29 is 9.31 Å². The van der Waals surface area contributed by atoms with Crippen LogP contribution in [0.1, 0.15) is 38.8 Å². The Morgan fingerprint density at radius 3 is 2.26 bits per heavy atom. The number of hydrogen-bond acceptors (Lipinski definition) is 3. The summed E-state index contributed by atoms with van der Waals surface area (Å²) in [4.78, 5) is 4.58. The van der Waals surface area contributed by atoms with Gasteiger partial charge in [-0.1, -0.05) is 54.1 Å². The average Bonchev–Trinajstić information content (AvgIpc) is 2.84. The van der Waals surface area contributed by atoms with Crippen LogP contribution in [-0.2, 0) is 15.7 Å². The van der Waals surface area contributed by atoms with Crippen molar-refractivity contribution >= 4 is 35.1 Å². The summed E-state index contributed by atoms with van der Waals surface area (Å²) in [5.41, 5.74) is 3.38. The van der Waals surface area contributed by atoms with E-state index in [1.165, 1.54) is 5.56 Å². The number of nitrogens with zero attached hydrogens (tertiary/aromatic N) is 1. The van der Waals surface area contributed by atoms with Crippen LogP contribution in [0.4, 0.5) is 0 Å². The Morgan fingerprint density at radius 1 is 0.926 bits per heavy atom. The number of fused-ring (bicyclic) bond motifs is 1. The fraction of sp³-hybridized carbons (Fsp3) is 0.318. The molecule has 138 valence electrons. The highest BCUT2D eigenvalue weighted by Gasteiger charge is 2.51. The Morgan fingerprint density at radius 2 is 1.59 bits per heavy atom. The Labute approximate surface area is 165 Å². The van der Waals surface area contributed by atoms with E-state index in [-0.39, 0.29) is 18.3 Å². The lowest BCUT2D eigenvalue weighted by atomic mass is 9.78. The summed E-state index contributed by atoms with van der Waals surface area (Å²) in [5.74, 6) is 0. The second kappa shape index (κ2) is 6.63. The Balaban J connectivity index is 1.69. The van der Waals surface area contributed by atoms with Gasteiger partial charge >= 0.3 is 7.12 Å². The van der Waals surface area contributed by atoms with E-state index >= 15 is 0 Å². The molecule has 2 aromatic carbocycles. The summed E-state index contributed by atoms with van der Waals surface area (Å²) in [7, 11) is -0.382. The van der Waals surface area contributed by atoms with Crippen LogP contribution in [0.5, 0.6) is 0 Å². The lowest BCUT2D eigenvalue weighted by Gasteiger charge is -2.32. The van der Waals surface area contributed by atoms with E-state index in [1.54, 1.807) is 0 Å². The van der Waals surface area contributed by atoms with E-state index < -0.39 is 0 Å². The van der Waals surface area contributed by atoms with Gasteiger partial charge in [0.05, 0.1) is 16.7 Å². The molecule has 5 heteroatoms. The van der Waals surface area contributed by atoms with Gasteiger partial charge in [-0.05, 0) is 56.4 Å². The fourth-order valence-electron chi connectivity index (χ4n) is 3.28.